The standard InChI is InChI=1S/C20H30N4O4S/c1-13(2)12-24-15(4)17(14(3)22-24)11-20(25)21-16-8-9-18(28-7)19(10-16)29(26,27)23(5)6/h8-10,13H,11-12H2,1-7H3,(H,21,25). The summed E-state index contributed by atoms with van der Waals surface area (Å²) in [5, 5.41) is 7.32. The largest absolute Gasteiger partial charge is 0.495 e. The van der Waals surface area contributed by atoms with Gasteiger partial charge in [0, 0.05) is 37.6 Å². The first-order valence-corrected chi connectivity index (χ1v) is 10.8. The Labute approximate surface area is 172 Å². The second-order valence-electron chi connectivity index (χ2n) is 7.60. The number of benzene rings is 1. The Morgan fingerprint density at radius 3 is 2.48 bits per heavy atom. The lowest BCUT2D eigenvalue weighted by molar-refractivity contribution is -0.115. The van der Waals surface area contributed by atoms with E-state index in [1.54, 1.807) is 6.07 Å². The summed E-state index contributed by atoms with van der Waals surface area (Å²) >= 11 is 0. The minimum absolute atomic E-state index is 0.0000795. The number of rotatable bonds is 8. The highest BCUT2D eigenvalue weighted by Crippen LogP contribution is 2.29. The van der Waals surface area contributed by atoms with Crippen molar-refractivity contribution in [3.05, 3.63) is 35.2 Å². The summed E-state index contributed by atoms with van der Waals surface area (Å²) in [6.45, 7) is 8.87. The fourth-order valence-corrected chi connectivity index (χ4v) is 4.11. The zero-order valence-electron chi connectivity index (χ0n) is 18.1. The van der Waals surface area contributed by atoms with E-state index in [1.165, 1.54) is 33.3 Å². The molecular formula is C20H30N4O4S. The van der Waals surface area contributed by atoms with Crippen molar-refractivity contribution in [2.75, 3.05) is 26.5 Å². The molecule has 160 valence electrons. The molecule has 0 saturated heterocycles. The molecule has 0 aliphatic rings. The lowest BCUT2D eigenvalue weighted by Crippen LogP contribution is -2.23. The zero-order valence-corrected chi connectivity index (χ0v) is 18.9. The van der Waals surface area contributed by atoms with Gasteiger partial charge in [-0.25, -0.2) is 12.7 Å². The first-order chi connectivity index (χ1) is 13.5. The van der Waals surface area contributed by atoms with Gasteiger partial charge in [-0.1, -0.05) is 13.8 Å². The van der Waals surface area contributed by atoms with Crippen LogP contribution in [0.1, 0.15) is 30.8 Å². The van der Waals surface area contributed by atoms with E-state index in [0.29, 0.717) is 11.6 Å². The molecule has 2 rings (SSSR count). The first-order valence-electron chi connectivity index (χ1n) is 9.40. The van der Waals surface area contributed by atoms with Crippen molar-refractivity contribution in [2.45, 2.75) is 45.6 Å². The van der Waals surface area contributed by atoms with Gasteiger partial charge in [0.1, 0.15) is 10.6 Å². The van der Waals surface area contributed by atoms with Gasteiger partial charge in [-0.3, -0.25) is 9.48 Å². The zero-order chi connectivity index (χ0) is 21.9. The predicted molar refractivity (Wildman–Crippen MR) is 113 cm³/mol. The number of aromatic nitrogens is 2. The molecule has 1 aromatic carbocycles. The number of aryl methyl sites for hydroxylation is 1. The first kappa shape index (κ1) is 22.9. The molecule has 0 aliphatic carbocycles. The average molecular weight is 423 g/mol. The lowest BCUT2D eigenvalue weighted by Gasteiger charge is -2.16. The molecule has 9 heteroatoms. The molecule has 0 fully saturated rings. The Hall–Kier alpha value is -2.39. The highest BCUT2D eigenvalue weighted by molar-refractivity contribution is 7.89. The van der Waals surface area contributed by atoms with Gasteiger partial charge in [0.25, 0.3) is 0 Å². The fraction of sp³-hybridized carbons (Fsp3) is 0.500. The maximum Gasteiger partial charge on any atom is 0.246 e. The molecular weight excluding hydrogens is 392 g/mol. The summed E-state index contributed by atoms with van der Waals surface area (Å²) in [6.07, 6.45) is 0.164. The van der Waals surface area contributed by atoms with E-state index in [1.807, 2.05) is 18.5 Å². The van der Waals surface area contributed by atoms with Crippen molar-refractivity contribution >= 4 is 21.6 Å². The molecule has 1 aromatic heterocycles. The lowest BCUT2D eigenvalue weighted by atomic mass is 10.1. The van der Waals surface area contributed by atoms with Crippen molar-refractivity contribution in [3.63, 3.8) is 0 Å². The number of hydrogen-bond donors (Lipinski definition) is 1. The number of nitrogens with zero attached hydrogens (tertiary/aromatic N) is 3. The molecule has 1 N–H and O–H groups in total. The normalized spacial score (nSPS) is 11.9. The molecule has 0 aliphatic heterocycles. The molecule has 29 heavy (non-hydrogen) atoms. The number of anilines is 1. The van der Waals surface area contributed by atoms with Crippen molar-refractivity contribution < 1.29 is 17.9 Å². The van der Waals surface area contributed by atoms with Crippen LogP contribution in [0.3, 0.4) is 0 Å². The van der Waals surface area contributed by atoms with Crippen molar-refractivity contribution in [2.24, 2.45) is 5.92 Å². The Bertz CT molecular complexity index is 994. The summed E-state index contributed by atoms with van der Waals surface area (Å²) in [7, 11) is 0.580. The SMILES string of the molecule is COc1ccc(NC(=O)Cc2c(C)nn(CC(C)C)c2C)cc1S(=O)(=O)N(C)C. The molecule has 0 unspecified atom stereocenters. The molecule has 1 amide bonds. The van der Waals surface area contributed by atoms with Gasteiger partial charge in [-0.2, -0.15) is 5.10 Å². The van der Waals surface area contributed by atoms with Crippen LogP contribution in [0.5, 0.6) is 5.75 Å². The van der Waals surface area contributed by atoms with E-state index in [4.69, 9.17) is 4.74 Å². The molecule has 0 spiro atoms. The minimum atomic E-state index is -3.71. The third-order valence-electron chi connectivity index (χ3n) is 4.61. The van der Waals surface area contributed by atoms with Crippen LogP contribution in [-0.4, -0.2) is 49.6 Å². The maximum atomic E-state index is 12.6. The van der Waals surface area contributed by atoms with E-state index >= 15 is 0 Å². The van der Waals surface area contributed by atoms with Crippen molar-refractivity contribution in [1.82, 2.24) is 14.1 Å². The fourth-order valence-electron chi connectivity index (χ4n) is 3.03. The molecule has 0 radical (unpaired) electrons. The van der Waals surface area contributed by atoms with E-state index < -0.39 is 10.0 Å². The van der Waals surface area contributed by atoms with Crippen LogP contribution < -0.4 is 10.1 Å². The number of ether oxygens (including phenoxy) is 1. The highest BCUT2D eigenvalue weighted by Gasteiger charge is 2.23. The number of carbonyl (C=O) groups excluding carboxylic acids is 1. The molecule has 0 bridgehead atoms. The van der Waals surface area contributed by atoms with Gasteiger partial charge in [0.05, 0.1) is 19.2 Å². The van der Waals surface area contributed by atoms with E-state index in [-0.39, 0.29) is 23.0 Å². The van der Waals surface area contributed by atoms with Crippen LogP contribution in [-0.2, 0) is 27.8 Å². The second kappa shape index (κ2) is 8.96. The average Bonchev–Trinajstić information content (AvgIpc) is 2.88. The highest BCUT2D eigenvalue weighted by atomic mass is 32.2. The number of sulfonamides is 1. The smallest absolute Gasteiger partial charge is 0.246 e. The Balaban J connectivity index is 2.25. The Morgan fingerprint density at radius 2 is 1.93 bits per heavy atom. The predicted octanol–water partition coefficient (Wildman–Crippen LogP) is 2.60. The summed E-state index contributed by atoms with van der Waals surface area (Å²) < 4.78 is 33.3. The molecule has 8 nitrogen and oxygen atoms in total. The third kappa shape index (κ3) is 5.16. The van der Waals surface area contributed by atoms with Gasteiger partial charge >= 0.3 is 0 Å². The van der Waals surface area contributed by atoms with Gasteiger partial charge in [-0.05, 0) is 38.0 Å². The van der Waals surface area contributed by atoms with Gasteiger partial charge in [0.15, 0.2) is 0 Å². The topological polar surface area (TPSA) is 93.5 Å². The van der Waals surface area contributed by atoms with Gasteiger partial charge < -0.3 is 10.1 Å². The molecule has 0 atom stereocenters. The van der Waals surface area contributed by atoms with Crippen LogP contribution in [0.15, 0.2) is 23.1 Å². The van der Waals surface area contributed by atoms with Crippen molar-refractivity contribution in [1.29, 1.82) is 0 Å². The maximum absolute atomic E-state index is 12.6. The number of carbonyl (C=O) groups is 1. The molecule has 1 heterocycles. The number of amides is 1. The summed E-state index contributed by atoms with van der Waals surface area (Å²) in [5.74, 6) is 0.433. The Morgan fingerprint density at radius 1 is 1.28 bits per heavy atom. The minimum Gasteiger partial charge on any atom is -0.495 e. The van der Waals surface area contributed by atoms with Gasteiger partial charge in [0.2, 0.25) is 15.9 Å². The monoisotopic (exact) mass is 422 g/mol. The third-order valence-corrected chi connectivity index (χ3v) is 6.45. The van der Waals surface area contributed by atoms with Crippen LogP contribution in [0.4, 0.5) is 5.69 Å². The Kier molecular flexibility index (Phi) is 7.07. The quantitative estimate of drug-likeness (QED) is 0.706. The number of hydrogen-bond acceptors (Lipinski definition) is 5. The van der Waals surface area contributed by atoms with Crippen LogP contribution in [0, 0.1) is 19.8 Å². The van der Waals surface area contributed by atoms with E-state index in [2.05, 4.69) is 24.3 Å². The summed E-state index contributed by atoms with van der Waals surface area (Å²) in [5.41, 5.74) is 3.07. The number of nitrogens with one attached hydrogen (secondary N) is 1. The van der Waals surface area contributed by atoms with Crippen LogP contribution in [0.25, 0.3) is 0 Å². The summed E-state index contributed by atoms with van der Waals surface area (Å²) in [6, 6.07) is 4.56. The second-order valence-corrected chi connectivity index (χ2v) is 9.72. The van der Waals surface area contributed by atoms with Crippen LogP contribution >= 0.6 is 0 Å². The molecule has 2 aromatic rings. The van der Waals surface area contributed by atoms with Crippen LogP contribution in [0.2, 0.25) is 0 Å². The summed E-state index contributed by atoms with van der Waals surface area (Å²) in [4.78, 5) is 12.6. The van der Waals surface area contributed by atoms with E-state index in [9.17, 15) is 13.2 Å². The van der Waals surface area contributed by atoms with Gasteiger partial charge in [-0.15, -0.1) is 0 Å². The molecule has 0 saturated carbocycles. The number of methoxy groups -OCH3 is 1. The van der Waals surface area contributed by atoms with E-state index in [0.717, 1.165) is 27.8 Å². The van der Waals surface area contributed by atoms with Crippen molar-refractivity contribution in [3.8, 4) is 5.75 Å².